The lowest BCUT2D eigenvalue weighted by Gasteiger charge is -2.17. The number of carbonyl (C=O) groups excluding carboxylic acids is 2. The lowest BCUT2D eigenvalue weighted by atomic mass is 10.2. The number of benzene rings is 1. The zero-order chi connectivity index (χ0) is 16.2. The largest absolute Gasteiger partial charge is 0.467 e. The maximum absolute atomic E-state index is 12.4. The molecule has 1 aliphatic heterocycles. The predicted molar refractivity (Wildman–Crippen MR) is 86.3 cm³/mol. The van der Waals surface area contributed by atoms with Crippen LogP contribution < -0.4 is 15.5 Å². The van der Waals surface area contributed by atoms with Crippen LogP contribution in [0.3, 0.4) is 0 Å². The zero-order valence-corrected chi connectivity index (χ0v) is 13.0. The highest BCUT2D eigenvalue weighted by molar-refractivity contribution is 6.31. The van der Waals surface area contributed by atoms with Crippen LogP contribution in [0.15, 0.2) is 47.1 Å². The summed E-state index contributed by atoms with van der Waals surface area (Å²) in [5, 5.41) is 5.92. The van der Waals surface area contributed by atoms with Crippen LogP contribution in [0, 0.1) is 0 Å². The minimum Gasteiger partial charge on any atom is -0.467 e. The quantitative estimate of drug-likeness (QED) is 0.903. The Morgan fingerprint density at radius 1 is 1.35 bits per heavy atom. The molecule has 1 fully saturated rings. The van der Waals surface area contributed by atoms with Crippen molar-refractivity contribution in [3.05, 3.63) is 53.4 Å². The first-order chi connectivity index (χ1) is 11.1. The molecule has 3 amide bonds. The van der Waals surface area contributed by atoms with Crippen LogP contribution in [-0.2, 0) is 11.3 Å². The smallest absolute Gasteiger partial charge is 0.315 e. The van der Waals surface area contributed by atoms with Gasteiger partial charge in [0.05, 0.1) is 12.8 Å². The summed E-state index contributed by atoms with van der Waals surface area (Å²) in [4.78, 5) is 25.9. The highest BCUT2D eigenvalue weighted by Gasteiger charge is 2.33. The van der Waals surface area contributed by atoms with Crippen molar-refractivity contribution >= 4 is 29.2 Å². The maximum Gasteiger partial charge on any atom is 0.315 e. The molecular formula is C16H16ClN3O3. The van der Waals surface area contributed by atoms with Crippen LogP contribution in [0.2, 0.25) is 5.02 Å². The van der Waals surface area contributed by atoms with Crippen LogP contribution >= 0.6 is 11.6 Å². The van der Waals surface area contributed by atoms with Crippen LogP contribution in [0.25, 0.3) is 0 Å². The van der Waals surface area contributed by atoms with E-state index < -0.39 is 12.1 Å². The fraction of sp³-hybridized carbons (Fsp3) is 0.250. The third-order valence-electron chi connectivity index (χ3n) is 3.63. The molecule has 2 aromatic rings. The number of amides is 3. The van der Waals surface area contributed by atoms with Gasteiger partial charge < -0.3 is 20.0 Å². The van der Waals surface area contributed by atoms with Gasteiger partial charge in [-0.25, -0.2) is 4.79 Å². The van der Waals surface area contributed by atoms with Gasteiger partial charge in [0.1, 0.15) is 11.8 Å². The van der Waals surface area contributed by atoms with E-state index >= 15 is 0 Å². The molecule has 120 valence electrons. The van der Waals surface area contributed by atoms with E-state index in [2.05, 4.69) is 10.6 Å². The molecule has 0 unspecified atom stereocenters. The molecule has 0 spiro atoms. The third-order valence-corrected chi connectivity index (χ3v) is 3.87. The topological polar surface area (TPSA) is 74.6 Å². The van der Waals surface area contributed by atoms with Gasteiger partial charge in [0, 0.05) is 17.3 Å². The number of hydrogen-bond acceptors (Lipinski definition) is 3. The lowest BCUT2D eigenvalue weighted by Crippen LogP contribution is -2.45. The first-order valence-corrected chi connectivity index (χ1v) is 7.65. The Labute approximate surface area is 138 Å². The highest BCUT2D eigenvalue weighted by atomic mass is 35.5. The van der Waals surface area contributed by atoms with Crippen molar-refractivity contribution in [3.8, 4) is 0 Å². The van der Waals surface area contributed by atoms with Crippen molar-refractivity contribution in [2.45, 2.75) is 19.0 Å². The third kappa shape index (κ3) is 3.65. The predicted octanol–water partition coefficient (Wildman–Crippen LogP) is 2.54. The fourth-order valence-corrected chi connectivity index (χ4v) is 2.69. The molecule has 3 rings (SSSR count). The second kappa shape index (κ2) is 6.75. The molecule has 1 saturated heterocycles. The monoisotopic (exact) mass is 333 g/mol. The van der Waals surface area contributed by atoms with E-state index in [0.29, 0.717) is 23.7 Å². The normalized spacial score (nSPS) is 17.3. The average molecular weight is 334 g/mol. The van der Waals surface area contributed by atoms with Crippen molar-refractivity contribution in [2.75, 3.05) is 11.4 Å². The van der Waals surface area contributed by atoms with Crippen LogP contribution in [0.4, 0.5) is 10.5 Å². The SMILES string of the molecule is O=C(NCc1ccco1)N[C@H]1CCN(c2cccc(Cl)c2)C1=O. The van der Waals surface area contributed by atoms with Gasteiger partial charge in [-0.05, 0) is 36.8 Å². The van der Waals surface area contributed by atoms with Crippen LogP contribution in [0.5, 0.6) is 0 Å². The molecular weight excluding hydrogens is 318 g/mol. The molecule has 1 aromatic carbocycles. The Morgan fingerprint density at radius 3 is 2.96 bits per heavy atom. The standard InChI is InChI=1S/C16H16ClN3O3/c17-11-3-1-4-12(9-11)20-7-6-14(15(20)21)19-16(22)18-10-13-5-2-8-23-13/h1-5,8-9,14H,6-7,10H2,(H2,18,19,22)/t14-/m0/s1. The minimum atomic E-state index is -0.536. The van der Waals surface area contributed by atoms with Crippen molar-refractivity contribution in [3.63, 3.8) is 0 Å². The Balaban J connectivity index is 1.55. The Hall–Kier alpha value is -2.47. The van der Waals surface area contributed by atoms with Gasteiger partial charge in [-0.3, -0.25) is 4.79 Å². The zero-order valence-electron chi connectivity index (χ0n) is 12.3. The molecule has 0 bridgehead atoms. The molecule has 2 N–H and O–H groups in total. The average Bonchev–Trinajstić information content (AvgIpc) is 3.16. The van der Waals surface area contributed by atoms with Crippen molar-refractivity contribution in [2.24, 2.45) is 0 Å². The molecule has 1 aromatic heterocycles. The molecule has 1 atom stereocenters. The Bertz CT molecular complexity index is 702. The number of anilines is 1. The van der Waals surface area contributed by atoms with Gasteiger partial charge in [-0.2, -0.15) is 0 Å². The second-order valence-electron chi connectivity index (χ2n) is 5.22. The number of hydrogen-bond donors (Lipinski definition) is 2. The number of carbonyl (C=O) groups is 2. The number of nitrogens with zero attached hydrogens (tertiary/aromatic N) is 1. The maximum atomic E-state index is 12.4. The molecule has 0 radical (unpaired) electrons. The minimum absolute atomic E-state index is 0.139. The Kier molecular flexibility index (Phi) is 4.52. The van der Waals surface area contributed by atoms with E-state index in [1.54, 1.807) is 35.2 Å². The number of nitrogens with one attached hydrogen (secondary N) is 2. The highest BCUT2D eigenvalue weighted by Crippen LogP contribution is 2.24. The summed E-state index contributed by atoms with van der Waals surface area (Å²) >= 11 is 5.96. The summed E-state index contributed by atoms with van der Waals surface area (Å²) < 4.78 is 5.13. The first-order valence-electron chi connectivity index (χ1n) is 7.27. The number of rotatable bonds is 4. The molecule has 6 nitrogen and oxygen atoms in total. The number of urea groups is 1. The van der Waals surface area contributed by atoms with Crippen LogP contribution in [0.1, 0.15) is 12.2 Å². The molecule has 1 aliphatic rings. The summed E-state index contributed by atoms with van der Waals surface area (Å²) in [6.45, 7) is 0.820. The summed E-state index contributed by atoms with van der Waals surface area (Å²) in [7, 11) is 0. The van der Waals surface area contributed by atoms with Crippen molar-refractivity contribution in [1.29, 1.82) is 0 Å². The van der Waals surface area contributed by atoms with Gasteiger partial charge in [-0.1, -0.05) is 17.7 Å². The molecule has 2 heterocycles. The van der Waals surface area contributed by atoms with E-state index in [4.69, 9.17) is 16.0 Å². The van der Waals surface area contributed by atoms with Gasteiger partial charge in [0.25, 0.3) is 0 Å². The first kappa shape index (κ1) is 15.4. The van der Waals surface area contributed by atoms with E-state index in [1.807, 2.05) is 6.07 Å². The van der Waals surface area contributed by atoms with E-state index in [1.165, 1.54) is 6.26 Å². The van der Waals surface area contributed by atoms with Gasteiger partial charge in [-0.15, -0.1) is 0 Å². The summed E-state index contributed by atoms with van der Waals surface area (Å²) in [6, 6.07) is 9.69. The fourth-order valence-electron chi connectivity index (χ4n) is 2.50. The molecule has 0 saturated carbocycles. The summed E-state index contributed by atoms with van der Waals surface area (Å²) in [5.41, 5.74) is 0.739. The van der Waals surface area contributed by atoms with Gasteiger partial charge in [0.2, 0.25) is 5.91 Å². The van der Waals surface area contributed by atoms with E-state index in [-0.39, 0.29) is 12.5 Å². The molecule has 7 heteroatoms. The Morgan fingerprint density at radius 2 is 2.22 bits per heavy atom. The van der Waals surface area contributed by atoms with E-state index in [0.717, 1.165) is 5.69 Å². The van der Waals surface area contributed by atoms with Crippen molar-refractivity contribution in [1.82, 2.24) is 10.6 Å². The van der Waals surface area contributed by atoms with Gasteiger partial charge >= 0.3 is 6.03 Å². The van der Waals surface area contributed by atoms with Gasteiger partial charge in [0.15, 0.2) is 0 Å². The number of halogens is 1. The summed E-state index contributed by atoms with van der Waals surface area (Å²) in [5.74, 6) is 0.513. The van der Waals surface area contributed by atoms with Crippen molar-refractivity contribution < 1.29 is 14.0 Å². The van der Waals surface area contributed by atoms with E-state index in [9.17, 15) is 9.59 Å². The molecule has 23 heavy (non-hydrogen) atoms. The lowest BCUT2D eigenvalue weighted by molar-refractivity contribution is -0.118. The summed E-state index contributed by atoms with van der Waals surface area (Å²) in [6.07, 6.45) is 2.10. The second-order valence-corrected chi connectivity index (χ2v) is 5.65. The van der Waals surface area contributed by atoms with Crippen LogP contribution in [-0.4, -0.2) is 24.5 Å². The molecule has 0 aliphatic carbocycles. The number of furan rings is 1.